The van der Waals surface area contributed by atoms with Gasteiger partial charge < -0.3 is 14.6 Å². The molecule has 8 nitrogen and oxygen atoms in total. The largest absolute Gasteiger partial charge is 0.448 e. The summed E-state index contributed by atoms with van der Waals surface area (Å²) in [5.41, 5.74) is 2.51. The van der Waals surface area contributed by atoms with Crippen molar-refractivity contribution in [1.29, 1.82) is 0 Å². The average molecular weight is 361 g/mol. The van der Waals surface area contributed by atoms with Gasteiger partial charge in [-0.05, 0) is 25.5 Å². The Morgan fingerprint density at radius 3 is 3.04 bits per heavy atom. The Labute approximate surface area is 148 Å². The van der Waals surface area contributed by atoms with E-state index in [4.69, 9.17) is 4.42 Å². The first-order valence-electron chi connectivity index (χ1n) is 8.27. The van der Waals surface area contributed by atoms with Crippen LogP contribution in [0, 0.1) is 6.92 Å². The zero-order chi connectivity index (χ0) is 17.4. The van der Waals surface area contributed by atoms with Crippen LogP contribution < -0.4 is 5.32 Å². The van der Waals surface area contributed by atoms with Crippen LogP contribution in [0.5, 0.6) is 0 Å². The van der Waals surface area contributed by atoms with Gasteiger partial charge in [0.15, 0.2) is 17.8 Å². The van der Waals surface area contributed by atoms with Crippen LogP contribution in [0.4, 0.5) is 0 Å². The number of aromatic nitrogens is 3. The van der Waals surface area contributed by atoms with Gasteiger partial charge in [0.1, 0.15) is 5.76 Å². The van der Waals surface area contributed by atoms with Gasteiger partial charge in [0.25, 0.3) is 11.8 Å². The molecular formula is C16H19N5O3S. The zero-order valence-electron chi connectivity index (χ0n) is 13.9. The maximum atomic E-state index is 12.5. The van der Waals surface area contributed by atoms with Crippen LogP contribution in [-0.4, -0.2) is 56.0 Å². The standard InChI is InChI=1S/C16H19N5O3S/c1-9-13(17-8-24-9)16(23)21-4-2-11-12(6-21)19-20-14(11)15(22)18-10-3-5-25-7-10/h8,10H,2-7H2,1H3,(H,18,22)(H,19,20). The summed E-state index contributed by atoms with van der Waals surface area (Å²) >= 11 is 1.85. The van der Waals surface area contributed by atoms with E-state index in [9.17, 15) is 9.59 Å². The van der Waals surface area contributed by atoms with E-state index in [1.807, 2.05) is 11.8 Å². The first-order valence-corrected chi connectivity index (χ1v) is 9.43. The monoisotopic (exact) mass is 361 g/mol. The lowest BCUT2D eigenvalue weighted by Gasteiger charge is -2.26. The highest BCUT2D eigenvalue weighted by Crippen LogP contribution is 2.23. The number of hydrogen-bond acceptors (Lipinski definition) is 6. The highest BCUT2D eigenvalue weighted by molar-refractivity contribution is 7.99. The molecule has 1 unspecified atom stereocenters. The van der Waals surface area contributed by atoms with E-state index in [1.165, 1.54) is 6.39 Å². The number of hydrogen-bond donors (Lipinski definition) is 2. The van der Waals surface area contributed by atoms with Crippen LogP contribution in [-0.2, 0) is 13.0 Å². The van der Waals surface area contributed by atoms with Crippen molar-refractivity contribution < 1.29 is 14.0 Å². The predicted molar refractivity (Wildman–Crippen MR) is 91.5 cm³/mol. The second-order valence-electron chi connectivity index (χ2n) is 6.30. The van der Waals surface area contributed by atoms with E-state index >= 15 is 0 Å². The summed E-state index contributed by atoms with van der Waals surface area (Å²) in [5.74, 6) is 2.26. The van der Waals surface area contributed by atoms with Crippen LogP contribution in [0.1, 0.15) is 44.4 Å². The molecule has 2 aliphatic heterocycles. The summed E-state index contributed by atoms with van der Waals surface area (Å²) in [7, 11) is 0. The Morgan fingerprint density at radius 2 is 2.32 bits per heavy atom. The maximum absolute atomic E-state index is 12.5. The van der Waals surface area contributed by atoms with Crippen molar-refractivity contribution in [3.8, 4) is 0 Å². The number of fused-ring (bicyclic) bond motifs is 1. The normalized spacial score (nSPS) is 19.7. The second-order valence-corrected chi connectivity index (χ2v) is 7.45. The quantitative estimate of drug-likeness (QED) is 0.850. The third-order valence-electron chi connectivity index (χ3n) is 4.65. The summed E-state index contributed by atoms with van der Waals surface area (Å²) in [5, 5.41) is 10.2. The van der Waals surface area contributed by atoms with Crippen LogP contribution in [0.25, 0.3) is 0 Å². The second kappa shape index (κ2) is 6.55. The molecule has 2 amide bonds. The molecule has 0 radical (unpaired) electrons. The van der Waals surface area contributed by atoms with Gasteiger partial charge in [0, 0.05) is 23.9 Å². The minimum absolute atomic E-state index is 0.128. The van der Waals surface area contributed by atoms with Crippen molar-refractivity contribution in [2.75, 3.05) is 18.1 Å². The number of carbonyl (C=O) groups is 2. The molecule has 1 atom stereocenters. The van der Waals surface area contributed by atoms with Crippen molar-refractivity contribution in [2.24, 2.45) is 0 Å². The number of thioether (sulfide) groups is 1. The topological polar surface area (TPSA) is 104 Å². The fourth-order valence-electron chi connectivity index (χ4n) is 3.24. The molecule has 2 aromatic heterocycles. The molecule has 0 aromatic carbocycles. The molecule has 2 aromatic rings. The number of amides is 2. The lowest BCUT2D eigenvalue weighted by molar-refractivity contribution is 0.0725. The van der Waals surface area contributed by atoms with Gasteiger partial charge in [-0.2, -0.15) is 16.9 Å². The Balaban J connectivity index is 1.48. The van der Waals surface area contributed by atoms with E-state index in [1.54, 1.807) is 11.8 Å². The van der Waals surface area contributed by atoms with Gasteiger partial charge in [0.05, 0.1) is 12.2 Å². The Morgan fingerprint density at radius 1 is 1.44 bits per heavy atom. The minimum Gasteiger partial charge on any atom is -0.448 e. The molecule has 25 heavy (non-hydrogen) atoms. The summed E-state index contributed by atoms with van der Waals surface area (Å²) < 4.78 is 5.11. The van der Waals surface area contributed by atoms with Crippen LogP contribution in [0.2, 0.25) is 0 Å². The molecule has 132 valence electrons. The molecular weight excluding hydrogens is 342 g/mol. The Bertz CT molecular complexity index is 809. The minimum atomic E-state index is -0.166. The lowest BCUT2D eigenvalue weighted by Crippen LogP contribution is -2.38. The number of carbonyl (C=O) groups excluding carboxylic acids is 2. The Kier molecular flexibility index (Phi) is 4.24. The Hall–Kier alpha value is -2.29. The van der Waals surface area contributed by atoms with Crippen molar-refractivity contribution in [3.05, 3.63) is 34.8 Å². The van der Waals surface area contributed by atoms with Gasteiger partial charge in [-0.1, -0.05) is 0 Å². The van der Waals surface area contributed by atoms with Crippen LogP contribution >= 0.6 is 11.8 Å². The van der Waals surface area contributed by atoms with E-state index in [-0.39, 0.29) is 17.9 Å². The predicted octanol–water partition coefficient (Wildman–Crippen LogP) is 1.14. The van der Waals surface area contributed by atoms with Gasteiger partial charge in [-0.25, -0.2) is 4.98 Å². The molecule has 0 saturated carbocycles. The number of nitrogens with zero attached hydrogens (tertiary/aromatic N) is 3. The third-order valence-corrected chi connectivity index (χ3v) is 5.81. The van der Waals surface area contributed by atoms with E-state index in [0.29, 0.717) is 36.7 Å². The highest BCUT2D eigenvalue weighted by atomic mass is 32.2. The summed E-state index contributed by atoms with van der Waals surface area (Å²) in [6.45, 7) is 2.63. The summed E-state index contributed by atoms with van der Waals surface area (Å²) in [4.78, 5) is 30.7. The summed E-state index contributed by atoms with van der Waals surface area (Å²) in [6, 6.07) is 0.224. The maximum Gasteiger partial charge on any atom is 0.276 e. The lowest BCUT2D eigenvalue weighted by atomic mass is 10.0. The van der Waals surface area contributed by atoms with E-state index < -0.39 is 0 Å². The first-order chi connectivity index (χ1) is 12.1. The molecule has 0 spiro atoms. The summed E-state index contributed by atoms with van der Waals surface area (Å²) in [6.07, 6.45) is 2.87. The van der Waals surface area contributed by atoms with Crippen molar-refractivity contribution in [1.82, 2.24) is 25.4 Å². The molecule has 2 N–H and O–H groups in total. The average Bonchev–Trinajstić information content (AvgIpc) is 3.33. The van der Waals surface area contributed by atoms with Gasteiger partial charge in [0.2, 0.25) is 0 Å². The van der Waals surface area contributed by atoms with Gasteiger partial charge >= 0.3 is 0 Å². The van der Waals surface area contributed by atoms with Gasteiger partial charge in [-0.15, -0.1) is 0 Å². The van der Waals surface area contributed by atoms with E-state index in [2.05, 4.69) is 20.5 Å². The van der Waals surface area contributed by atoms with Crippen LogP contribution in [0.15, 0.2) is 10.8 Å². The fraction of sp³-hybridized carbons (Fsp3) is 0.500. The molecule has 1 fully saturated rings. The van der Waals surface area contributed by atoms with Crippen molar-refractivity contribution in [3.63, 3.8) is 0 Å². The molecule has 1 saturated heterocycles. The fourth-order valence-corrected chi connectivity index (χ4v) is 4.39. The number of rotatable bonds is 3. The molecule has 4 heterocycles. The molecule has 0 aliphatic carbocycles. The molecule has 0 bridgehead atoms. The number of aromatic amines is 1. The number of aryl methyl sites for hydroxylation is 1. The number of nitrogens with one attached hydrogen (secondary N) is 2. The van der Waals surface area contributed by atoms with E-state index in [0.717, 1.165) is 29.2 Å². The molecule has 2 aliphatic rings. The third kappa shape index (κ3) is 3.04. The van der Waals surface area contributed by atoms with Gasteiger partial charge in [-0.3, -0.25) is 14.7 Å². The van der Waals surface area contributed by atoms with Crippen molar-refractivity contribution >= 4 is 23.6 Å². The molecule has 4 rings (SSSR count). The zero-order valence-corrected chi connectivity index (χ0v) is 14.7. The molecule has 9 heteroatoms. The SMILES string of the molecule is Cc1ocnc1C(=O)N1CCc2c(C(=O)NC3CCSC3)n[nH]c2C1. The highest BCUT2D eigenvalue weighted by Gasteiger charge is 2.30. The number of oxazole rings is 1. The smallest absolute Gasteiger partial charge is 0.276 e. The first kappa shape index (κ1) is 16.2. The number of H-pyrrole nitrogens is 1. The van der Waals surface area contributed by atoms with Crippen LogP contribution in [0.3, 0.4) is 0 Å². The van der Waals surface area contributed by atoms with Crippen molar-refractivity contribution in [2.45, 2.75) is 32.4 Å².